The Labute approximate surface area is 180 Å². The van der Waals surface area contributed by atoms with Gasteiger partial charge < -0.3 is 14.5 Å². The number of rotatable bonds is 4. The highest BCUT2D eigenvalue weighted by atomic mass is 32.1. The lowest BCUT2D eigenvalue weighted by atomic mass is 9.76. The molecule has 3 fully saturated rings. The van der Waals surface area contributed by atoms with Crippen molar-refractivity contribution >= 4 is 28.9 Å². The highest BCUT2D eigenvalue weighted by Gasteiger charge is 2.67. The number of piperidine rings is 1. The van der Waals surface area contributed by atoms with Crippen LogP contribution in [-0.2, 0) is 14.3 Å². The molecule has 5 rings (SSSR count). The molecule has 1 aromatic rings. The Hall–Kier alpha value is -2.06. The van der Waals surface area contributed by atoms with E-state index in [0.29, 0.717) is 26.2 Å². The second-order valence-corrected chi connectivity index (χ2v) is 9.91. The van der Waals surface area contributed by atoms with Crippen molar-refractivity contribution in [2.45, 2.75) is 51.2 Å². The first-order chi connectivity index (χ1) is 14.3. The molecule has 4 atom stereocenters. The molecule has 2 amide bonds. The van der Waals surface area contributed by atoms with Crippen molar-refractivity contribution in [3.05, 3.63) is 27.7 Å². The Morgan fingerprint density at radius 1 is 1.33 bits per heavy atom. The van der Waals surface area contributed by atoms with Crippen molar-refractivity contribution in [2.24, 2.45) is 11.8 Å². The number of thiazole rings is 1. The number of carbonyl (C=O) groups is 3. The van der Waals surface area contributed by atoms with Gasteiger partial charge in [-0.15, -0.1) is 11.3 Å². The molecule has 3 saturated heterocycles. The summed E-state index contributed by atoms with van der Waals surface area (Å²) in [6, 6.07) is 0. The average Bonchev–Trinajstić information content (AvgIpc) is 3.47. The summed E-state index contributed by atoms with van der Waals surface area (Å²) in [5, 5.41) is 1.000. The number of hydrogen-bond donors (Lipinski definition) is 0. The van der Waals surface area contributed by atoms with Crippen LogP contribution in [0.3, 0.4) is 0 Å². The van der Waals surface area contributed by atoms with Gasteiger partial charge in [0.2, 0.25) is 11.8 Å². The summed E-state index contributed by atoms with van der Waals surface area (Å²) in [6.45, 7) is 7.91. The molecule has 0 aromatic carbocycles. The van der Waals surface area contributed by atoms with E-state index in [1.165, 1.54) is 11.3 Å². The highest BCUT2D eigenvalue weighted by Crippen LogP contribution is 2.52. The number of amides is 2. The molecule has 5 heterocycles. The van der Waals surface area contributed by atoms with E-state index in [9.17, 15) is 14.4 Å². The minimum Gasteiger partial charge on any atom is -0.360 e. The average molecular weight is 430 g/mol. The lowest BCUT2D eigenvalue weighted by molar-refractivity contribution is -0.144. The van der Waals surface area contributed by atoms with E-state index in [4.69, 9.17) is 4.74 Å². The number of ether oxygens (including phenoxy) is 1. The van der Waals surface area contributed by atoms with Gasteiger partial charge in [0.15, 0.2) is 5.78 Å². The van der Waals surface area contributed by atoms with Gasteiger partial charge in [-0.05, 0) is 26.7 Å². The summed E-state index contributed by atoms with van der Waals surface area (Å²) in [4.78, 5) is 47.2. The van der Waals surface area contributed by atoms with Crippen LogP contribution in [0, 0.1) is 18.8 Å². The fourth-order valence-electron chi connectivity index (χ4n) is 5.60. The van der Waals surface area contributed by atoms with E-state index in [-0.39, 0.29) is 29.6 Å². The van der Waals surface area contributed by atoms with Gasteiger partial charge in [-0.2, -0.15) is 0 Å². The minimum atomic E-state index is -0.613. The van der Waals surface area contributed by atoms with Gasteiger partial charge in [-0.1, -0.05) is 12.2 Å². The lowest BCUT2D eigenvalue weighted by Gasteiger charge is -2.35. The van der Waals surface area contributed by atoms with Gasteiger partial charge in [0.25, 0.3) is 0 Å². The van der Waals surface area contributed by atoms with Crippen LogP contribution in [0.25, 0.3) is 0 Å². The van der Waals surface area contributed by atoms with Crippen LogP contribution < -0.4 is 0 Å². The number of hydrogen-bond acceptors (Lipinski definition) is 6. The van der Waals surface area contributed by atoms with E-state index in [2.05, 4.69) is 4.98 Å². The van der Waals surface area contributed by atoms with Gasteiger partial charge in [-0.25, -0.2) is 4.98 Å². The quantitative estimate of drug-likeness (QED) is 0.541. The van der Waals surface area contributed by atoms with Crippen molar-refractivity contribution in [1.82, 2.24) is 14.8 Å². The third-order valence-corrected chi connectivity index (χ3v) is 8.56. The van der Waals surface area contributed by atoms with Crippen LogP contribution in [0.15, 0.2) is 12.2 Å². The number of Topliss-reactive ketones (excluding diaryl/α,β-unsaturated/α-hetero) is 1. The molecule has 1 aromatic heterocycles. The zero-order valence-corrected chi connectivity index (χ0v) is 18.4. The number of carbonyl (C=O) groups excluding carboxylic acids is 3. The molecule has 0 saturated carbocycles. The molecular weight excluding hydrogens is 402 g/mol. The molecule has 0 unspecified atom stereocenters. The van der Waals surface area contributed by atoms with E-state index in [0.717, 1.165) is 28.4 Å². The number of aromatic nitrogens is 1. The standard InChI is InChI=1S/C22H27N3O4S/c1-4-24-11-22-8-5-15(29-22)16(17(22)21(24)28)20(27)25-9-6-14(7-10-25)19-23-12(2)18(30-19)13(3)26/h5,8,14-17H,4,6-7,9-11H2,1-3H3/t15-,16+,17-,22-/m1/s1. The van der Waals surface area contributed by atoms with E-state index in [1.807, 2.05) is 30.9 Å². The lowest BCUT2D eigenvalue weighted by Crippen LogP contribution is -2.48. The highest BCUT2D eigenvalue weighted by molar-refractivity contribution is 7.13. The number of nitrogens with zero attached hydrogens (tertiary/aromatic N) is 3. The summed E-state index contributed by atoms with van der Waals surface area (Å²) < 4.78 is 6.18. The number of fused-ring (bicyclic) bond motifs is 1. The zero-order chi connectivity index (χ0) is 21.2. The summed E-state index contributed by atoms with van der Waals surface area (Å²) in [7, 11) is 0. The van der Waals surface area contributed by atoms with Gasteiger partial charge in [0.05, 0.1) is 40.1 Å². The van der Waals surface area contributed by atoms with Crippen molar-refractivity contribution in [2.75, 3.05) is 26.2 Å². The van der Waals surface area contributed by atoms with Crippen molar-refractivity contribution < 1.29 is 19.1 Å². The molecular formula is C22H27N3O4S. The summed E-state index contributed by atoms with van der Waals surface area (Å²) in [5.74, 6) is -0.380. The molecule has 0 aliphatic carbocycles. The fraction of sp³-hybridized carbons (Fsp3) is 0.636. The van der Waals surface area contributed by atoms with Crippen LogP contribution >= 0.6 is 11.3 Å². The SMILES string of the molecule is CCN1C[C@@]23C=C[C@@H](O2)[C@H](C(=O)N2CCC(c4nc(C)c(C(C)=O)s4)CC2)[C@@H]3C1=O. The molecule has 4 aliphatic rings. The maximum atomic E-state index is 13.4. The normalized spacial score (nSPS) is 32.9. The topological polar surface area (TPSA) is 79.8 Å². The molecule has 1 spiro atoms. The molecule has 2 bridgehead atoms. The summed E-state index contributed by atoms with van der Waals surface area (Å²) in [6.07, 6.45) is 5.34. The molecule has 7 nitrogen and oxygen atoms in total. The molecule has 0 radical (unpaired) electrons. The molecule has 30 heavy (non-hydrogen) atoms. The van der Waals surface area contributed by atoms with E-state index >= 15 is 0 Å². The fourth-order valence-corrected chi connectivity index (χ4v) is 6.74. The van der Waals surface area contributed by atoms with Crippen molar-refractivity contribution in [3.8, 4) is 0 Å². The second kappa shape index (κ2) is 6.99. The third-order valence-electron chi connectivity index (χ3n) is 7.13. The number of likely N-dealkylation sites (N-methyl/N-ethyl adjacent to an activating group) is 1. The predicted molar refractivity (Wildman–Crippen MR) is 111 cm³/mol. The van der Waals surface area contributed by atoms with Crippen LogP contribution in [0.2, 0.25) is 0 Å². The van der Waals surface area contributed by atoms with Gasteiger partial charge >= 0.3 is 0 Å². The molecule has 0 N–H and O–H groups in total. The minimum absolute atomic E-state index is 0.0423. The first-order valence-corrected chi connectivity index (χ1v) is 11.6. The Morgan fingerprint density at radius 3 is 2.70 bits per heavy atom. The number of aryl methyl sites for hydroxylation is 1. The first-order valence-electron chi connectivity index (χ1n) is 10.8. The van der Waals surface area contributed by atoms with Crippen molar-refractivity contribution in [1.29, 1.82) is 0 Å². The van der Waals surface area contributed by atoms with E-state index < -0.39 is 17.4 Å². The van der Waals surface area contributed by atoms with Crippen LogP contribution in [0.5, 0.6) is 0 Å². The van der Waals surface area contributed by atoms with Gasteiger partial charge in [0.1, 0.15) is 5.60 Å². The molecule has 160 valence electrons. The van der Waals surface area contributed by atoms with Crippen LogP contribution in [0.4, 0.5) is 0 Å². The Kier molecular flexibility index (Phi) is 4.63. The smallest absolute Gasteiger partial charge is 0.230 e. The van der Waals surface area contributed by atoms with Gasteiger partial charge in [0, 0.05) is 32.5 Å². The maximum absolute atomic E-state index is 13.4. The first kappa shape index (κ1) is 19.9. The Morgan fingerprint density at radius 2 is 2.07 bits per heavy atom. The van der Waals surface area contributed by atoms with Crippen molar-refractivity contribution in [3.63, 3.8) is 0 Å². The maximum Gasteiger partial charge on any atom is 0.230 e. The number of likely N-dealkylation sites (tertiary alicyclic amines) is 2. The Balaban J connectivity index is 1.29. The second-order valence-electron chi connectivity index (χ2n) is 8.87. The summed E-state index contributed by atoms with van der Waals surface area (Å²) in [5.41, 5.74) is 0.190. The largest absolute Gasteiger partial charge is 0.360 e. The van der Waals surface area contributed by atoms with E-state index in [1.54, 1.807) is 11.8 Å². The predicted octanol–water partition coefficient (Wildman–Crippen LogP) is 2.16. The van der Waals surface area contributed by atoms with Crippen LogP contribution in [-0.4, -0.2) is 70.3 Å². The molecule has 8 heteroatoms. The zero-order valence-electron chi connectivity index (χ0n) is 17.6. The van der Waals surface area contributed by atoms with Crippen LogP contribution in [0.1, 0.15) is 53.0 Å². The monoisotopic (exact) mass is 429 g/mol. The van der Waals surface area contributed by atoms with Gasteiger partial charge in [-0.3, -0.25) is 14.4 Å². The summed E-state index contributed by atoms with van der Waals surface area (Å²) >= 11 is 1.49. The molecule has 4 aliphatic heterocycles. The Bertz CT molecular complexity index is 948. The number of ketones is 1. The third kappa shape index (κ3) is 2.80.